The van der Waals surface area contributed by atoms with E-state index in [1.165, 1.54) is 0 Å². The molecule has 0 bridgehead atoms. The van der Waals surface area contributed by atoms with Gasteiger partial charge in [0.25, 0.3) is 0 Å². The fourth-order valence-corrected chi connectivity index (χ4v) is 2.16. The summed E-state index contributed by atoms with van der Waals surface area (Å²) in [7, 11) is 2.18. The Kier molecular flexibility index (Phi) is 3.29. The molecule has 16 heavy (non-hydrogen) atoms. The van der Waals surface area contributed by atoms with Crippen LogP contribution in [0.5, 0.6) is 0 Å². The zero-order valence-electron chi connectivity index (χ0n) is 9.98. The zero-order chi connectivity index (χ0) is 11.5. The number of aromatic nitrogens is 1. The summed E-state index contributed by atoms with van der Waals surface area (Å²) in [6.07, 6.45) is 4.07. The summed E-state index contributed by atoms with van der Waals surface area (Å²) in [5.41, 5.74) is 6.49. The first-order valence-corrected chi connectivity index (χ1v) is 5.83. The van der Waals surface area contributed by atoms with Gasteiger partial charge in [0, 0.05) is 36.6 Å². The van der Waals surface area contributed by atoms with E-state index in [0.717, 1.165) is 30.9 Å². The second kappa shape index (κ2) is 4.70. The Morgan fingerprint density at radius 1 is 1.56 bits per heavy atom. The Hall–Kier alpha value is -1.29. The van der Waals surface area contributed by atoms with E-state index < -0.39 is 0 Å². The topological polar surface area (TPSA) is 54.2 Å². The minimum absolute atomic E-state index is 0.514. The van der Waals surface area contributed by atoms with Gasteiger partial charge in [-0.15, -0.1) is 0 Å². The van der Waals surface area contributed by atoms with E-state index in [1.807, 2.05) is 12.1 Å². The molecule has 4 heteroatoms. The number of nitrogen functional groups attached to an aromatic ring is 1. The molecule has 1 aliphatic rings. The lowest BCUT2D eigenvalue weighted by atomic mass is 9.99. The highest BCUT2D eigenvalue weighted by atomic mass is 15.2. The molecule has 1 aliphatic heterocycles. The van der Waals surface area contributed by atoms with Gasteiger partial charge in [0.1, 0.15) is 5.82 Å². The maximum Gasteiger partial charge on any atom is 0.128 e. The van der Waals surface area contributed by atoms with E-state index in [-0.39, 0.29) is 0 Å². The van der Waals surface area contributed by atoms with Gasteiger partial charge in [0.15, 0.2) is 0 Å². The Bertz CT molecular complexity index is 353. The molecule has 0 radical (unpaired) electrons. The van der Waals surface area contributed by atoms with Gasteiger partial charge in [0.2, 0.25) is 0 Å². The Balaban J connectivity index is 1.95. The number of hydrogen-bond donors (Lipinski definition) is 2. The van der Waals surface area contributed by atoms with Crippen molar-refractivity contribution in [2.24, 2.45) is 0 Å². The van der Waals surface area contributed by atoms with E-state index in [0.29, 0.717) is 12.1 Å². The number of nitrogens with two attached hydrogens (primary N) is 1. The number of pyridine rings is 1. The van der Waals surface area contributed by atoms with Gasteiger partial charge in [0.05, 0.1) is 0 Å². The van der Waals surface area contributed by atoms with Gasteiger partial charge in [-0.05, 0) is 32.9 Å². The second-order valence-corrected chi connectivity index (χ2v) is 4.67. The van der Waals surface area contributed by atoms with Crippen molar-refractivity contribution >= 4 is 11.5 Å². The van der Waals surface area contributed by atoms with Crippen molar-refractivity contribution in [1.82, 2.24) is 9.88 Å². The van der Waals surface area contributed by atoms with E-state index in [4.69, 9.17) is 5.73 Å². The van der Waals surface area contributed by atoms with Crippen molar-refractivity contribution in [3.05, 3.63) is 18.3 Å². The van der Waals surface area contributed by atoms with Crippen LogP contribution >= 0.6 is 0 Å². The summed E-state index contributed by atoms with van der Waals surface area (Å²) in [6.45, 7) is 3.40. The molecular weight excluding hydrogens is 200 g/mol. The highest BCUT2D eigenvalue weighted by molar-refractivity contribution is 5.48. The molecular formula is C12H20N4. The van der Waals surface area contributed by atoms with Crippen molar-refractivity contribution in [3.63, 3.8) is 0 Å². The summed E-state index contributed by atoms with van der Waals surface area (Å²) in [6, 6.07) is 4.85. The number of hydrogen-bond acceptors (Lipinski definition) is 4. The summed E-state index contributed by atoms with van der Waals surface area (Å²) >= 11 is 0. The van der Waals surface area contributed by atoms with Gasteiger partial charge in [-0.2, -0.15) is 0 Å². The fourth-order valence-electron chi connectivity index (χ4n) is 2.16. The van der Waals surface area contributed by atoms with Gasteiger partial charge in [-0.25, -0.2) is 4.98 Å². The molecule has 1 fully saturated rings. The molecule has 1 aromatic heterocycles. The molecule has 2 rings (SSSR count). The minimum atomic E-state index is 0.514. The maximum atomic E-state index is 5.72. The monoisotopic (exact) mass is 220 g/mol. The van der Waals surface area contributed by atoms with Crippen molar-refractivity contribution < 1.29 is 0 Å². The van der Waals surface area contributed by atoms with Crippen LogP contribution in [0.1, 0.15) is 19.8 Å². The van der Waals surface area contributed by atoms with Gasteiger partial charge in [-0.3, -0.25) is 0 Å². The molecule has 0 aliphatic carbocycles. The smallest absolute Gasteiger partial charge is 0.128 e. The second-order valence-electron chi connectivity index (χ2n) is 4.67. The minimum Gasteiger partial charge on any atom is -0.399 e. The number of rotatable bonds is 2. The first kappa shape index (κ1) is 11.2. The average molecular weight is 220 g/mol. The van der Waals surface area contributed by atoms with Crippen LogP contribution in [-0.4, -0.2) is 35.6 Å². The third-order valence-corrected chi connectivity index (χ3v) is 3.34. The molecule has 0 aromatic carbocycles. The summed E-state index contributed by atoms with van der Waals surface area (Å²) < 4.78 is 0. The van der Waals surface area contributed by atoms with Crippen LogP contribution in [0.15, 0.2) is 18.3 Å². The van der Waals surface area contributed by atoms with Gasteiger partial charge < -0.3 is 16.0 Å². The van der Waals surface area contributed by atoms with Crippen LogP contribution in [0.4, 0.5) is 11.5 Å². The molecule has 0 spiro atoms. The van der Waals surface area contributed by atoms with Crippen LogP contribution in [0.25, 0.3) is 0 Å². The summed E-state index contributed by atoms with van der Waals surface area (Å²) in [4.78, 5) is 6.67. The van der Waals surface area contributed by atoms with E-state index >= 15 is 0 Å². The number of piperidine rings is 1. The van der Waals surface area contributed by atoms with Crippen LogP contribution in [0, 0.1) is 0 Å². The molecule has 2 atom stereocenters. The highest BCUT2D eigenvalue weighted by Crippen LogP contribution is 2.19. The SMILES string of the molecule is CC1CC(Nc2cc(N)ccn2)CCN1C. The van der Waals surface area contributed by atoms with E-state index in [1.54, 1.807) is 6.20 Å². The summed E-state index contributed by atoms with van der Waals surface area (Å²) in [5, 5.41) is 3.45. The molecule has 0 amide bonds. The molecule has 0 saturated carbocycles. The molecule has 4 nitrogen and oxygen atoms in total. The predicted molar refractivity (Wildman–Crippen MR) is 67.4 cm³/mol. The number of nitrogens with one attached hydrogen (secondary N) is 1. The standard InChI is InChI=1S/C12H20N4/c1-9-7-11(4-6-16(9)2)15-12-8-10(13)3-5-14-12/h3,5,8-9,11H,4,6-7H2,1-2H3,(H3,13,14,15). The molecule has 2 unspecified atom stereocenters. The van der Waals surface area contributed by atoms with E-state index in [9.17, 15) is 0 Å². The summed E-state index contributed by atoms with van der Waals surface area (Å²) in [5.74, 6) is 0.891. The first-order chi connectivity index (χ1) is 7.65. The Morgan fingerprint density at radius 2 is 2.38 bits per heavy atom. The number of nitrogens with zero attached hydrogens (tertiary/aromatic N) is 2. The third-order valence-electron chi connectivity index (χ3n) is 3.34. The first-order valence-electron chi connectivity index (χ1n) is 5.83. The zero-order valence-corrected chi connectivity index (χ0v) is 9.98. The van der Waals surface area contributed by atoms with Crippen molar-refractivity contribution in [2.45, 2.75) is 31.8 Å². The molecule has 3 N–H and O–H groups in total. The Morgan fingerprint density at radius 3 is 3.06 bits per heavy atom. The van der Waals surface area contributed by atoms with Gasteiger partial charge >= 0.3 is 0 Å². The lowest BCUT2D eigenvalue weighted by Crippen LogP contribution is -2.42. The molecule has 1 aromatic rings. The maximum absolute atomic E-state index is 5.72. The lowest BCUT2D eigenvalue weighted by Gasteiger charge is -2.35. The van der Waals surface area contributed by atoms with Crippen LogP contribution in [0.3, 0.4) is 0 Å². The lowest BCUT2D eigenvalue weighted by molar-refractivity contribution is 0.190. The molecule has 88 valence electrons. The van der Waals surface area contributed by atoms with Crippen molar-refractivity contribution in [2.75, 3.05) is 24.6 Å². The van der Waals surface area contributed by atoms with Crippen LogP contribution in [0.2, 0.25) is 0 Å². The van der Waals surface area contributed by atoms with Crippen LogP contribution in [-0.2, 0) is 0 Å². The Labute approximate surface area is 96.8 Å². The number of anilines is 2. The van der Waals surface area contributed by atoms with E-state index in [2.05, 4.69) is 29.2 Å². The highest BCUT2D eigenvalue weighted by Gasteiger charge is 2.22. The molecule has 1 saturated heterocycles. The third kappa shape index (κ3) is 2.64. The van der Waals surface area contributed by atoms with Crippen molar-refractivity contribution in [3.8, 4) is 0 Å². The normalized spacial score (nSPS) is 26.6. The average Bonchev–Trinajstić information content (AvgIpc) is 2.24. The molecule has 2 heterocycles. The quantitative estimate of drug-likeness (QED) is 0.794. The fraction of sp³-hybridized carbons (Fsp3) is 0.583. The predicted octanol–water partition coefficient (Wildman–Crippen LogP) is 1.56. The largest absolute Gasteiger partial charge is 0.399 e. The number of likely N-dealkylation sites (tertiary alicyclic amines) is 1. The van der Waals surface area contributed by atoms with Crippen molar-refractivity contribution in [1.29, 1.82) is 0 Å². The van der Waals surface area contributed by atoms with Gasteiger partial charge in [-0.1, -0.05) is 0 Å². The van der Waals surface area contributed by atoms with Crippen LogP contribution < -0.4 is 11.1 Å².